The van der Waals surface area contributed by atoms with E-state index in [1.807, 2.05) is 0 Å². The maximum absolute atomic E-state index is 6.36. The third-order valence-electron chi connectivity index (χ3n) is 4.52. The van der Waals surface area contributed by atoms with Gasteiger partial charge in [-0.05, 0) is 49.8 Å². The van der Waals surface area contributed by atoms with Crippen molar-refractivity contribution in [3.05, 3.63) is 34.9 Å². The highest BCUT2D eigenvalue weighted by Crippen LogP contribution is 2.54. The van der Waals surface area contributed by atoms with E-state index in [0.717, 1.165) is 19.6 Å². The lowest BCUT2D eigenvalue weighted by Crippen LogP contribution is -2.45. The van der Waals surface area contributed by atoms with Gasteiger partial charge in [0, 0.05) is 11.0 Å². The van der Waals surface area contributed by atoms with E-state index in [9.17, 15) is 0 Å². The van der Waals surface area contributed by atoms with Crippen molar-refractivity contribution in [1.82, 2.24) is 0 Å². The molecule has 0 atom stereocenters. The van der Waals surface area contributed by atoms with Crippen molar-refractivity contribution in [3.63, 3.8) is 0 Å². The lowest BCUT2D eigenvalue weighted by molar-refractivity contribution is 0.110. The van der Waals surface area contributed by atoms with Crippen molar-refractivity contribution in [2.75, 3.05) is 6.61 Å². The number of nitrogens with two attached hydrogens (primary N) is 1. The second-order valence-electron chi connectivity index (χ2n) is 6.09. The average Bonchev–Trinajstić information content (AvgIpc) is 3.09. The summed E-state index contributed by atoms with van der Waals surface area (Å²) in [6, 6.07) is 6.87. The van der Waals surface area contributed by atoms with E-state index in [0.29, 0.717) is 0 Å². The van der Waals surface area contributed by atoms with Crippen LogP contribution < -0.4 is 5.73 Å². The van der Waals surface area contributed by atoms with Gasteiger partial charge in [-0.1, -0.05) is 18.2 Å². The van der Waals surface area contributed by atoms with Crippen LogP contribution in [0, 0.1) is 0 Å². The third kappa shape index (κ3) is 1.71. The molecule has 0 spiro atoms. The highest BCUT2D eigenvalue weighted by atomic mass is 16.5. The molecular formula is C15H21NO. The topological polar surface area (TPSA) is 35.2 Å². The number of fused-ring (bicyclic) bond motifs is 1. The van der Waals surface area contributed by atoms with Gasteiger partial charge < -0.3 is 10.5 Å². The fourth-order valence-corrected chi connectivity index (χ4v) is 3.09. The summed E-state index contributed by atoms with van der Waals surface area (Å²) in [5.41, 5.74) is 10.7. The molecule has 1 fully saturated rings. The van der Waals surface area contributed by atoms with Crippen LogP contribution in [-0.4, -0.2) is 12.1 Å². The molecule has 2 nitrogen and oxygen atoms in total. The monoisotopic (exact) mass is 231 g/mol. The van der Waals surface area contributed by atoms with Crippen LogP contribution in [0.3, 0.4) is 0 Å². The molecule has 2 aliphatic rings. The molecule has 1 saturated carbocycles. The SMILES string of the molecule is CC(C)(N)C1(c2ccc3c(c2)CCOC3)CC1. The van der Waals surface area contributed by atoms with Crippen LogP contribution in [0.2, 0.25) is 0 Å². The lowest BCUT2D eigenvalue weighted by atomic mass is 9.78. The van der Waals surface area contributed by atoms with Crippen LogP contribution in [0.15, 0.2) is 18.2 Å². The lowest BCUT2D eigenvalue weighted by Gasteiger charge is -2.32. The molecule has 0 unspecified atom stereocenters. The molecule has 2 N–H and O–H groups in total. The second kappa shape index (κ2) is 3.56. The fraction of sp³-hybridized carbons (Fsp3) is 0.600. The Morgan fingerprint density at radius 3 is 2.65 bits per heavy atom. The maximum atomic E-state index is 6.36. The summed E-state index contributed by atoms with van der Waals surface area (Å²) in [4.78, 5) is 0. The summed E-state index contributed by atoms with van der Waals surface area (Å²) in [7, 11) is 0. The first kappa shape index (κ1) is 11.2. The van der Waals surface area contributed by atoms with Crippen LogP contribution in [-0.2, 0) is 23.2 Å². The minimum Gasteiger partial charge on any atom is -0.376 e. The molecule has 1 aromatic rings. The highest BCUT2D eigenvalue weighted by molar-refractivity contribution is 5.42. The molecule has 0 aromatic heterocycles. The molecule has 1 aliphatic heterocycles. The fourth-order valence-electron chi connectivity index (χ4n) is 3.09. The van der Waals surface area contributed by atoms with Gasteiger partial charge in [0.15, 0.2) is 0 Å². The van der Waals surface area contributed by atoms with Crippen LogP contribution in [0.4, 0.5) is 0 Å². The predicted molar refractivity (Wildman–Crippen MR) is 69.0 cm³/mol. The molecule has 0 bridgehead atoms. The van der Waals surface area contributed by atoms with Crippen molar-refractivity contribution in [2.45, 2.75) is 50.7 Å². The van der Waals surface area contributed by atoms with Gasteiger partial charge in [-0.25, -0.2) is 0 Å². The van der Waals surface area contributed by atoms with E-state index in [2.05, 4.69) is 32.0 Å². The zero-order chi connectivity index (χ0) is 12.1. The van der Waals surface area contributed by atoms with Gasteiger partial charge in [-0.2, -0.15) is 0 Å². The first-order chi connectivity index (χ1) is 8.03. The summed E-state index contributed by atoms with van der Waals surface area (Å²) in [5.74, 6) is 0. The third-order valence-corrected chi connectivity index (χ3v) is 4.52. The Hall–Kier alpha value is -0.860. The minimum atomic E-state index is -0.119. The normalized spacial score (nSPS) is 22.1. The van der Waals surface area contributed by atoms with E-state index in [-0.39, 0.29) is 11.0 Å². The number of benzene rings is 1. The number of hydrogen-bond donors (Lipinski definition) is 1. The van der Waals surface area contributed by atoms with E-state index in [1.165, 1.54) is 29.5 Å². The van der Waals surface area contributed by atoms with Crippen LogP contribution in [0.25, 0.3) is 0 Å². The Labute approximate surface area is 103 Å². The van der Waals surface area contributed by atoms with Gasteiger partial charge in [0.05, 0.1) is 13.2 Å². The van der Waals surface area contributed by atoms with Gasteiger partial charge in [0.1, 0.15) is 0 Å². The Morgan fingerprint density at radius 1 is 1.24 bits per heavy atom. The van der Waals surface area contributed by atoms with Crippen molar-refractivity contribution >= 4 is 0 Å². The summed E-state index contributed by atoms with van der Waals surface area (Å²) in [6.45, 7) is 5.94. The molecule has 1 aromatic carbocycles. The molecule has 92 valence electrons. The highest BCUT2D eigenvalue weighted by Gasteiger charge is 2.53. The molecule has 17 heavy (non-hydrogen) atoms. The molecule has 2 heteroatoms. The molecular weight excluding hydrogens is 210 g/mol. The summed E-state index contributed by atoms with van der Waals surface area (Å²) in [5, 5.41) is 0. The standard InChI is InChI=1S/C15H21NO/c1-14(2,16)15(6-7-15)13-4-3-12-10-17-8-5-11(12)9-13/h3-4,9H,5-8,10,16H2,1-2H3. The first-order valence-corrected chi connectivity index (χ1v) is 6.52. The number of ether oxygens (including phenoxy) is 1. The van der Waals surface area contributed by atoms with E-state index in [4.69, 9.17) is 10.5 Å². The molecule has 0 saturated heterocycles. The zero-order valence-electron chi connectivity index (χ0n) is 10.8. The number of hydrogen-bond acceptors (Lipinski definition) is 2. The Kier molecular flexibility index (Phi) is 2.36. The first-order valence-electron chi connectivity index (χ1n) is 6.52. The minimum absolute atomic E-state index is 0.119. The van der Waals surface area contributed by atoms with Gasteiger partial charge >= 0.3 is 0 Å². The van der Waals surface area contributed by atoms with Crippen molar-refractivity contribution in [3.8, 4) is 0 Å². The van der Waals surface area contributed by atoms with Crippen LogP contribution in [0.5, 0.6) is 0 Å². The summed E-state index contributed by atoms with van der Waals surface area (Å²) >= 11 is 0. The van der Waals surface area contributed by atoms with E-state index >= 15 is 0 Å². The van der Waals surface area contributed by atoms with Gasteiger partial charge in [0.25, 0.3) is 0 Å². The van der Waals surface area contributed by atoms with Crippen LogP contribution >= 0.6 is 0 Å². The molecule has 1 heterocycles. The summed E-state index contributed by atoms with van der Waals surface area (Å²) < 4.78 is 5.48. The quantitative estimate of drug-likeness (QED) is 0.849. The smallest absolute Gasteiger partial charge is 0.0719 e. The number of rotatable bonds is 2. The second-order valence-corrected chi connectivity index (χ2v) is 6.09. The van der Waals surface area contributed by atoms with E-state index < -0.39 is 0 Å². The Morgan fingerprint density at radius 2 is 2.00 bits per heavy atom. The molecule has 0 amide bonds. The molecule has 0 radical (unpaired) electrons. The van der Waals surface area contributed by atoms with Gasteiger partial charge in [0.2, 0.25) is 0 Å². The molecule has 3 rings (SSSR count). The Bertz CT molecular complexity index is 441. The molecule has 1 aliphatic carbocycles. The summed E-state index contributed by atoms with van der Waals surface area (Å²) in [6.07, 6.45) is 3.50. The van der Waals surface area contributed by atoms with Gasteiger partial charge in [-0.3, -0.25) is 0 Å². The average molecular weight is 231 g/mol. The van der Waals surface area contributed by atoms with Crippen molar-refractivity contribution in [2.24, 2.45) is 5.73 Å². The van der Waals surface area contributed by atoms with E-state index in [1.54, 1.807) is 0 Å². The van der Waals surface area contributed by atoms with Gasteiger partial charge in [-0.15, -0.1) is 0 Å². The van der Waals surface area contributed by atoms with Crippen molar-refractivity contribution in [1.29, 1.82) is 0 Å². The van der Waals surface area contributed by atoms with Crippen LogP contribution in [0.1, 0.15) is 43.4 Å². The zero-order valence-corrected chi connectivity index (χ0v) is 10.8. The predicted octanol–water partition coefficient (Wildman–Crippen LogP) is 2.53. The largest absolute Gasteiger partial charge is 0.376 e. The maximum Gasteiger partial charge on any atom is 0.0719 e. The Balaban J connectivity index is 2.00. The van der Waals surface area contributed by atoms with Crippen molar-refractivity contribution < 1.29 is 4.74 Å².